The van der Waals surface area contributed by atoms with E-state index in [0.29, 0.717) is 0 Å². The van der Waals surface area contributed by atoms with Gasteiger partial charge in [-0.1, -0.05) is 0 Å². The zero-order valence-corrected chi connectivity index (χ0v) is 7.32. The van der Waals surface area contributed by atoms with E-state index in [4.69, 9.17) is 10.2 Å². The summed E-state index contributed by atoms with van der Waals surface area (Å²) in [5, 5.41) is 54.6. The normalized spacial score (nSPS) is 49.3. The predicted molar refractivity (Wildman–Crippen MR) is 42.0 cm³/mol. The molecule has 6 N–H and O–H groups in total. The van der Waals surface area contributed by atoms with Crippen LogP contribution >= 0.6 is 0 Å². The minimum atomic E-state index is -2.36. The topological polar surface area (TPSA) is 131 Å². The first-order chi connectivity index (χ1) is 6.46. The van der Waals surface area contributed by atoms with Gasteiger partial charge in [0, 0.05) is 0 Å². The van der Waals surface area contributed by atoms with Crippen molar-refractivity contribution in [3.8, 4) is 0 Å². The second kappa shape index (κ2) is 4.07. The lowest BCUT2D eigenvalue weighted by Gasteiger charge is -2.44. The molecule has 7 nitrogen and oxygen atoms in total. The minimum absolute atomic E-state index is 0.646. The molecule has 84 valence electrons. The van der Waals surface area contributed by atoms with Crippen LogP contribution in [0.4, 0.5) is 0 Å². The first-order valence-corrected chi connectivity index (χ1v) is 4.12. The molecule has 0 aromatic carbocycles. The Kier molecular flexibility index (Phi) is 3.43. The van der Waals surface area contributed by atoms with E-state index in [9.17, 15) is 20.4 Å². The molecular weight excluding hydrogens is 196 g/mol. The van der Waals surface area contributed by atoms with Crippen LogP contribution in [0.3, 0.4) is 0 Å². The maximum Gasteiger partial charge on any atom is 0.219 e. The molecule has 1 heterocycles. The third-order valence-corrected chi connectivity index (χ3v) is 2.28. The summed E-state index contributed by atoms with van der Waals surface area (Å²) in [6.07, 6.45) is -6.27. The van der Waals surface area contributed by atoms with Gasteiger partial charge in [0.15, 0.2) is 0 Å². The maximum atomic E-state index is 9.43. The van der Waals surface area contributed by atoms with Crippen molar-refractivity contribution in [2.24, 2.45) is 0 Å². The third kappa shape index (κ3) is 1.75. The quantitative estimate of drug-likeness (QED) is 0.275. The predicted octanol–water partition coefficient (Wildman–Crippen LogP) is -3.86. The molecule has 0 amide bonds. The molecule has 1 fully saturated rings. The summed E-state index contributed by atoms with van der Waals surface area (Å²) in [6.45, 7) is -1.60. The number of aliphatic hydroxyl groups excluding tert-OH is 5. The van der Waals surface area contributed by atoms with E-state index in [1.807, 2.05) is 0 Å². The van der Waals surface area contributed by atoms with Crippen molar-refractivity contribution in [2.45, 2.75) is 30.2 Å². The van der Waals surface area contributed by atoms with Crippen LogP contribution in [0.1, 0.15) is 0 Å². The van der Waals surface area contributed by atoms with Gasteiger partial charge in [-0.05, 0) is 0 Å². The van der Waals surface area contributed by atoms with Crippen molar-refractivity contribution in [1.82, 2.24) is 0 Å². The van der Waals surface area contributed by atoms with Gasteiger partial charge in [-0.25, -0.2) is 0 Å². The van der Waals surface area contributed by atoms with Crippen LogP contribution in [-0.2, 0) is 4.74 Å². The summed E-state index contributed by atoms with van der Waals surface area (Å²) in [4.78, 5) is 0. The van der Waals surface area contributed by atoms with Crippen LogP contribution in [0.2, 0.25) is 0 Å². The first kappa shape index (κ1) is 11.8. The number of hydrogen-bond donors (Lipinski definition) is 6. The van der Waals surface area contributed by atoms with E-state index in [0.717, 1.165) is 0 Å². The van der Waals surface area contributed by atoms with Gasteiger partial charge in [0.1, 0.15) is 24.4 Å². The fourth-order valence-electron chi connectivity index (χ4n) is 1.35. The Bertz CT molecular complexity index is 196. The highest BCUT2D eigenvalue weighted by Gasteiger charge is 2.52. The van der Waals surface area contributed by atoms with Gasteiger partial charge in [0.25, 0.3) is 0 Å². The van der Waals surface area contributed by atoms with E-state index >= 15 is 0 Å². The van der Waals surface area contributed by atoms with Gasteiger partial charge in [-0.3, -0.25) is 0 Å². The Morgan fingerprint density at radius 1 is 1.07 bits per heavy atom. The maximum absolute atomic E-state index is 9.43. The van der Waals surface area contributed by atoms with Crippen molar-refractivity contribution >= 4 is 0 Å². The Labute approximate surface area is 79.8 Å². The van der Waals surface area contributed by atoms with Gasteiger partial charge in [-0.15, -0.1) is 0 Å². The van der Waals surface area contributed by atoms with Crippen LogP contribution in [0.5, 0.6) is 0 Å². The van der Waals surface area contributed by atoms with Crippen molar-refractivity contribution in [2.75, 3.05) is 13.2 Å². The average Bonchev–Trinajstić information content (AvgIpc) is 2.20. The zero-order valence-electron chi connectivity index (χ0n) is 7.32. The van der Waals surface area contributed by atoms with Crippen LogP contribution in [0.15, 0.2) is 0 Å². The van der Waals surface area contributed by atoms with Crippen LogP contribution in [-0.4, -0.2) is 74.1 Å². The van der Waals surface area contributed by atoms with E-state index in [1.54, 1.807) is 0 Å². The largest absolute Gasteiger partial charge is 0.394 e. The molecule has 1 aliphatic rings. The molecule has 0 bridgehead atoms. The van der Waals surface area contributed by atoms with Crippen molar-refractivity contribution in [3.05, 3.63) is 0 Å². The van der Waals surface area contributed by atoms with Crippen LogP contribution in [0.25, 0.3) is 0 Å². The van der Waals surface area contributed by atoms with E-state index in [1.165, 1.54) is 0 Å². The number of rotatable bonds is 2. The van der Waals surface area contributed by atoms with Crippen molar-refractivity contribution in [1.29, 1.82) is 0 Å². The fraction of sp³-hybridized carbons (Fsp3) is 1.00. The molecule has 7 heteroatoms. The molecular formula is C7H14O7. The Morgan fingerprint density at radius 3 is 2.07 bits per heavy atom. The van der Waals surface area contributed by atoms with Gasteiger partial charge >= 0.3 is 0 Å². The smallest absolute Gasteiger partial charge is 0.219 e. The van der Waals surface area contributed by atoms with Gasteiger partial charge < -0.3 is 35.4 Å². The molecule has 1 aliphatic heterocycles. The lowest BCUT2D eigenvalue weighted by Crippen LogP contribution is -2.66. The molecule has 0 spiro atoms. The Hall–Kier alpha value is -0.280. The van der Waals surface area contributed by atoms with Crippen molar-refractivity contribution in [3.63, 3.8) is 0 Å². The second-order valence-corrected chi connectivity index (χ2v) is 3.27. The standard InChI is InChI=1S/C7H14O7/c8-1-3-4(10)5(11)6(12)7(13,2-9)14-3/h3-6,8-13H,1-2H2/t3-,4-,5-,6+,7-/m0/s1. The summed E-state index contributed by atoms with van der Waals surface area (Å²) in [6, 6.07) is 0. The lowest BCUT2D eigenvalue weighted by atomic mass is 9.93. The number of hydrogen-bond acceptors (Lipinski definition) is 7. The molecule has 0 aromatic heterocycles. The first-order valence-electron chi connectivity index (χ1n) is 4.12. The molecule has 1 rings (SSSR count). The molecule has 0 radical (unpaired) electrons. The van der Waals surface area contributed by atoms with Gasteiger partial charge in [-0.2, -0.15) is 0 Å². The highest BCUT2D eigenvalue weighted by Crippen LogP contribution is 2.27. The van der Waals surface area contributed by atoms with Gasteiger partial charge in [0.2, 0.25) is 5.79 Å². The highest BCUT2D eigenvalue weighted by molar-refractivity contribution is 4.95. The van der Waals surface area contributed by atoms with E-state index in [2.05, 4.69) is 4.74 Å². The molecule has 0 saturated carbocycles. The molecule has 14 heavy (non-hydrogen) atoms. The fourth-order valence-corrected chi connectivity index (χ4v) is 1.35. The van der Waals surface area contributed by atoms with Crippen LogP contribution in [0, 0.1) is 0 Å². The van der Waals surface area contributed by atoms with E-state index < -0.39 is 43.4 Å². The lowest BCUT2D eigenvalue weighted by molar-refractivity contribution is -0.357. The Morgan fingerprint density at radius 2 is 1.64 bits per heavy atom. The Balaban J connectivity index is 2.84. The third-order valence-electron chi connectivity index (χ3n) is 2.28. The van der Waals surface area contributed by atoms with Gasteiger partial charge in [0.05, 0.1) is 13.2 Å². The van der Waals surface area contributed by atoms with E-state index in [-0.39, 0.29) is 0 Å². The average molecular weight is 210 g/mol. The zero-order chi connectivity index (χ0) is 10.9. The summed E-state index contributed by atoms with van der Waals surface area (Å²) in [7, 11) is 0. The number of ether oxygens (including phenoxy) is 1. The summed E-state index contributed by atoms with van der Waals surface area (Å²) < 4.78 is 4.66. The highest BCUT2D eigenvalue weighted by atomic mass is 16.7. The summed E-state index contributed by atoms with van der Waals surface area (Å²) in [5.41, 5.74) is 0. The molecule has 0 unspecified atom stereocenters. The van der Waals surface area contributed by atoms with Crippen LogP contribution < -0.4 is 0 Å². The monoisotopic (exact) mass is 210 g/mol. The minimum Gasteiger partial charge on any atom is -0.394 e. The second-order valence-electron chi connectivity index (χ2n) is 3.27. The molecule has 1 saturated heterocycles. The summed E-state index contributed by atoms with van der Waals surface area (Å²) in [5.74, 6) is -2.36. The van der Waals surface area contributed by atoms with Crippen molar-refractivity contribution < 1.29 is 35.4 Å². The number of aliphatic hydroxyl groups is 6. The molecule has 0 aliphatic carbocycles. The SMILES string of the molecule is OC[C@@H]1O[C@@](O)(CO)[C@H](O)[C@@H](O)[C@H]1O. The molecule has 5 atom stereocenters. The summed E-state index contributed by atoms with van der Waals surface area (Å²) >= 11 is 0. The molecule has 0 aromatic rings.